The van der Waals surface area contributed by atoms with Gasteiger partial charge in [-0.1, -0.05) is 30.3 Å². The highest BCUT2D eigenvalue weighted by Crippen LogP contribution is 2.30. The van der Waals surface area contributed by atoms with Crippen LogP contribution in [0.2, 0.25) is 0 Å². The van der Waals surface area contributed by atoms with Crippen LogP contribution in [0.3, 0.4) is 0 Å². The molecule has 1 amide bonds. The molecule has 1 saturated carbocycles. The minimum atomic E-state index is 0.107. The normalized spacial score (nSPS) is 19.4. The number of carbonyl (C=O) groups is 1. The van der Waals surface area contributed by atoms with Crippen molar-refractivity contribution in [1.29, 1.82) is 0 Å². The van der Waals surface area contributed by atoms with E-state index in [4.69, 9.17) is 4.74 Å². The van der Waals surface area contributed by atoms with E-state index >= 15 is 0 Å². The molecule has 0 radical (unpaired) electrons. The number of hydrogen-bond donors (Lipinski definition) is 0. The van der Waals surface area contributed by atoms with Gasteiger partial charge in [-0.05, 0) is 18.4 Å². The smallest absolute Gasteiger partial charge is 0.250 e. The Hall–Kier alpha value is -1.77. The number of hydrogen-bond acceptors (Lipinski definition) is 2. The molecular formula is C14H15NO2. The molecule has 0 aromatic heterocycles. The second kappa shape index (κ2) is 4.24. The van der Waals surface area contributed by atoms with E-state index in [1.54, 1.807) is 6.08 Å². The van der Waals surface area contributed by atoms with E-state index in [1.165, 1.54) is 0 Å². The third kappa shape index (κ3) is 2.33. The Bertz CT molecular complexity index is 449. The molecule has 1 aromatic carbocycles. The van der Waals surface area contributed by atoms with Gasteiger partial charge in [0.15, 0.2) is 0 Å². The van der Waals surface area contributed by atoms with E-state index in [2.05, 4.69) is 0 Å². The van der Waals surface area contributed by atoms with Crippen LogP contribution in [0.15, 0.2) is 42.2 Å². The Labute approximate surface area is 101 Å². The summed E-state index contributed by atoms with van der Waals surface area (Å²) >= 11 is 0. The van der Waals surface area contributed by atoms with Crippen LogP contribution in [0.5, 0.6) is 0 Å². The van der Waals surface area contributed by atoms with Crippen molar-refractivity contribution < 1.29 is 9.53 Å². The van der Waals surface area contributed by atoms with E-state index in [9.17, 15) is 4.79 Å². The molecule has 1 fully saturated rings. The summed E-state index contributed by atoms with van der Waals surface area (Å²) in [6.07, 6.45) is 3.92. The minimum Gasteiger partial charge on any atom is -0.491 e. The molecule has 1 aliphatic carbocycles. The average Bonchev–Trinajstić information content (AvgIpc) is 3.12. The zero-order valence-electron chi connectivity index (χ0n) is 9.63. The topological polar surface area (TPSA) is 29.5 Å². The fourth-order valence-electron chi connectivity index (χ4n) is 2.04. The van der Waals surface area contributed by atoms with Crippen LogP contribution in [0.25, 0.3) is 0 Å². The Balaban J connectivity index is 1.56. The highest BCUT2D eigenvalue weighted by molar-refractivity contribution is 5.91. The molecule has 1 aliphatic heterocycles. The van der Waals surface area contributed by atoms with E-state index in [0.29, 0.717) is 19.2 Å². The first-order chi connectivity index (χ1) is 8.33. The van der Waals surface area contributed by atoms with Gasteiger partial charge < -0.3 is 9.64 Å². The van der Waals surface area contributed by atoms with Crippen LogP contribution in [-0.2, 0) is 16.1 Å². The molecule has 0 atom stereocenters. The summed E-state index contributed by atoms with van der Waals surface area (Å²) in [6.45, 7) is 1.19. The number of carbonyl (C=O) groups excluding carboxylic acids is 1. The fraction of sp³-hybridized carbons (Fsp3) is 0.357. The van der Waals surface area contributed by atoms with Crippen molar-refractivity contribution >= 4 is 5.91 Å². The van der Waals surface area contributed by atoms with Crippen molar-refractivity contribution in [1.82, 2.24) is 4.90 Å². The van der Waals surface area contributed by atoms with Gasteiger partial charge in [-0.3, -0.25) is 4.79 Å². The lowest BCUT2D eigenvalue weighted by Gasteiger charge is -2.15. The van der Waals surface area contributed by atoms with Gasteiger partial charge in [0, 0.05) is 12.1 Å². The molecule has 2 aliphatic rings. The van der Waals surface area contributed by atoms with Crippen molar-refractivity contribution in [2.75, 3.05) is 6.54 Å². The van der Waals surface area contributed by atoms with Crippen molar-refractivity contribution in [3.05, 3.63) is 47.7 Å². The molecular weight excluding hydrogens is 214 g/mol. The number of benzene rings is 1. The predicted molar refractivity (Wildman–Crippen MR) is 64.0 cm³/mol. The molecule has 3 heteroatoms. The van der Waals surface area contributed by atoms with Gasteiger partial charge in [-0.2, -0.15) is 0 Å². The molecule has 88 valence electrons. The average molecular weight is 229 g/mol. The van der Waals surface area contributed by atoms with Crippen LogP contribution in [0.4, 0.5) is 0 Å². The first-order valence-corrected chi connectivity index (χ1v) is 6.01. The van der Waals surface area contributed by atoms with Gasteiger partial charge in [-0.15, -0.1) is 0 Å². The van der Waals surface area contributed by atoms with Crippen LogP contribution < -0.4 is 0 Å². The maximum atomic E-state index is 11.6. The van der Waals surface area contributed by atoms with E-state index in [0.717, 1.165) is 24.2 Å². The summed E-state index contributed by atoms with van der Waals surface area (Å²) in [5.74, 6) is 0.904. The maximum Gasteiger partial charge on any atom is 0.250 e. The van der Waals surface area contributed by atoms with Crippen LogP contribution in [-0.4, -0.2) is 23.4 Å². The lowest BCUT2D eigenvalue weighted by atomic mass is 10.2. The third-order valence-corrected chi connectivity index (χ3v) is 3.15. The number of rotatable bonds is 4. The first-order valence-electron chi connectivity index (χ1n) is 6.01. The van der Waals surface area contributed by atoms with E-state index in [1.807, 2.05) is 35.2 Å². The second-order valence-electron chi connectivity index (χ2n) is 4.58. The summed E-state index contributed by atoms with van der Waals surface area (Å²) in [6, 6.07) is 10.5. The van der Waals surface area contributed by atoms with Crippen molar-refractivity contribution in [2.45, 2.75) is 25.5 Å². The van der Waals surface area contributed by atoms with Gasteiger partial charge in [0.25, 0.3) is 5.91 Å². The second-order valence-corrected chi connectivity index (χ2v) is 4.58. The molecule has 3 rings (SSSR count). The summed E-state index contributed by atoms with van der Waals surface area (Å²) in [5, 5.41) is 0. The first kappa shape index (κ1) is 10.4. The Kier molecular flexibility index (Phi) is 2.59. The Morgan fingerprint density at radius 2 is 2.00 bits per heavy atom. The summed E-state index contributed by atoms with van der Waals surface area (Å²) in [4.78, 5) is 13.6. The van der Waals surface area contributed by atoms with Gasteiger partial charge in [0.1, 0.15) is 12.4 Å². The summed E-state index contributed by atoms with van der Waals surface area (Å²) in [7, 11) is 0. The lowest BCUT2D eigenvalue weighted by Crippen LogP contribution is -2.28. The standard InChI is InChI=1S/C14H15NO2/c16-14-8-13(9-15(14)12-6-7-12)17-10-11-4-2-1-3-5-11/h1-5,8,12H,6-7,9-10H2. The third-order valence-electron chi connectivity index (χ3n) is 3.15. The van der Waals surface area contributed by atoms with Crippen LogP contribution in [0.1, 0.15) is 18.4 Å². The monoisotopic (exact) mass is 229 g/mol. The maximum absolute atomic E-state index is 11.6. The SMILES string of the molecule is O=C1C=C(OCc2ccccc2)CN1C1CC1. The lowest BCUT2D eigenvalue weighted by molar-refractivity contribution is -0.125. The van der Waals surface area contributed by atoms with Gasteiger partial charge in [0.05, 0.1) is 6.54 Å². The van der Waals surface area contributed by atoms with E-state index < -0.39 is 0 Å². The molecule has 17 heavy (non-hydrogen) atoms. The summed E-state index contributed by atoms with van der Waals surface area (Å²) < 4.78 is 5.67. The zero-order valence-corrected chi connectivity index (χ0v) is 9.63. The van der Waals surface area contributed by atoms with Crippen molar-refractivity contribution in [2.24, 2.45) is 0 Å². The molecule has 0 unspecified atom stereocenters. The molecule has 3 nitrogen and oxygen atoms in total. The molecule has 0 bridgehead atoms. The highest BCUT2D eigenvalue weighted by atomic mass is 16.5. The predicted octanol–water partition coefficient (Wildman–Crippen LogP) is 2.09. The van der Waals surface area contributed by atoms with Gasteiger partial charge in [-0.25, -0.2) is 0 Å². The van der Waals surface area contributed by atoms with Gasteiger partial charge in [0.2, 0.25) is 0 Å². The van der Waals surface area contributed by atoms with Crippen LogP contribution in [0, 0.1) is 0 Å². The van der Waals surface area contributed by atoms with Crippen molar-refractivity contribution in [3.63, 3.8) is 0 Å². The largest absolute Gasteiger partial charge is 0.491 e. The minimum absolute atomic E-state index is 0.107. The zero-order chi connectivity index (χ0) is 11.7. The Morgan fingerprint density at radius 3 is 2.71 bits per heavy atom. The van der Waals surface area contributed by atoms with Crippen molar-refractivity contribution in [3.8, 4) is 0 Å². The Morgan fingerprint density at radius 1 is 1.24 bits per heavy atom. The number of amides is 1. The highest BCUT2D eigenvalue weighted by Gasteiger charge is 2.35. The van der Waals surface area contributed by atoms with E-state index in [-0.39, 0.29) is 5.91 Å². The quantitative estimate of drug-likeness (QED) is 0.791. The summed E-state index contributed by atoms with van der Waals surface area (Å²) in [5.41, 5.74) is 1.13. The molecule has 1 heterocycles. The molecule has 1 aromatic rings. The number of ether oxygens (including phenoxy) is 1. The van der Waals surface area contributed by atoms with Crippen LogP contribution >= 0.6 is 0 Å². The molecule has 0 spiro atoms. The number of nitrogens with zero attached hydrogens (tertiary/aromatic N) is 1. The molecule has 0 N–H and O–H groups in total. The molecule has 0 saturated heterocycles. The fourth-order valence-corrected chi connectivity index (χ4v) is 2.04. The van der Waals surface area contributed by atoms with Gasteiger partial charge >= 0.3 is 0 Å².